The summed E-state index contributed by atoms with van der Waals surface area (Å²) in [5, 5.41) is 0. The van der Waals surface area contributed by atoms with Gasteiger partial charge in [-0.05, 0) is 11.1 Å². The SMILES string of the molecule is NCc1ccc(CS)cc1. The molecule has 0 heterocycles. The zero-order valence-corrected chi connectivity index (χ0v) is 6.64. The molecule has 0 unspecified atom stereocenters. The van der Waals surface area contributed by atoms with Gasteiger partial charge in [0.05, 0.1) is 0 Å². The van der Waals surface area contributed by atoms with Crippen molar-refractivity contribution in [2.45, 2.75) is 12.3 Å². The van der Waals surface area contributed by atoms with Crippen molar-refractivity contribution >= 4 is 12.6 Å². The van der Waals surface area contributed by atoms with Crippen LogP contribution in [0.4, 0.5) is 0 Å². The number of thiol groups is 1. The molecule has 0 bridgehead atoms. The fourth-order valence-electron chi connectivity index (χ4n) is 0.781. The molecule has 0 amide bonds. The van der Waals surface area contributed by atoms with E-state index in [4.69, 9.17) is 5.73 Å². The number of benzene rings is 1. The molecule has 54 valence electrons. The Morgan fingerprint density at radius 3 is 2.00 bits per heavy atom. The average molecular weight is 153 g/mol. The summed E-state index contributed by atoms with van der Waals surface area (Å²) in [7, 11) is 0. The Morgan fingerprint density at radius 1 is 1.10 bits per heavy atom. The molecule has 0 aromatic heterocycles. The topological polar surface area (TPSA) is 26.0 Å². The summed E-state index contributed by atoms with van der Waals surface area (Å²) < 4.78 is 0. The normalized spacial score (nSPS) is 9.80. The van der Waals surface area contributed by atoms with E-state index in [1.165, 1.54) is 11.1 Å². The third-order valence-corrected chi connectivity index (χ3v) is 1.81. The number of hydrogen-bond donors (Lipinski definition) is 2. The van der Waals surface area contributed by atoms with Crippen molar-refractivity contribution in [3.05, 3.63) is 35.4 Å². The van der Waals surface area contributed by atoms with Gasteiger partial charge in [-0.15, -0.1) is 0 Å². The van der Waals surface area contributed by atoms with Crippen molar-refractivity contribution < 1.29 is 0 Å². The maximum atomic E-state index is 5.42. The zero-order chi connectivity index (χ0) is 7.40. The van der Waals surface area contributed by atoms with Gasteiger partial charge in [-0.2, -0.15) is 12.6 Å². The van der Waals surface area contributed by atoms with Crippen molar-refractivity contribution in [2.75, 3.05) is 0 Å². The lowest BCUT2D eigenvalue weighted by Crippen LogP contribution is -1.95. The van der Waals surface area contributed by atoms with Gasteiger partial charge in [0.1, 0.15) is 0 Å². The molecule has 0 saturated carbocycles. The maximum Gasteiger partial charge on any atom is 0.0178 e. The van der Waals surface area contributed by atoms with Gasteiger partial charge in [0, 0.05) is 12.3 Å². The molecule has 0 atom stereocenters. The minimum absolute atomic E-state index is 0.618. The summed E-state index contributed by atoms with van der Waals surface area (Å²) in [5.41, 5.74) is 7.83. The first-order valence-electron chi connectivity index (χ1n) is 3.25. The van der Waals surface area contributed by atoms with Gasteiger partial charge in [0.25, 0.3) is 0 Å². The second-order valence-electron chi connectivity index (χ2n) is 2.18. The molecule has 1 rings (SSSR count). The van der Waals surface area contributed by atoms with E-state index in [0.29, 0.717) is 6.54 Å². The molecule has 1 nitrogen and oxygen atoms in total. The maximum absolute atomic E-state index is 5.42. The van der Waals surface area contributed by atoms with Crippen LogP contribution in [-0.4, -0.2) is 0 Å². The molecule has 0 fully saturated rings. The van der Waals surface area contributed by atoms with Crippen LogP contribution in [0.3, 0.4) is 0 Å². The highest BCUT2D eigenvalue weighted by atomic mass is 32.1. The molecule has 0 saturated heterocycles. The van der Waals surface area contributed by atoms with Crippen LogP contribution >= 0.6 is 12.6 Å². The third-order valence-electron chi connectivity index (χ3n) is 1.44. The summed E-state index contributed by atoms with van der Waals surface area (Å²) in [6, 6.07) is 8.17. The van der Waals surface area contributed by atoms with Crippen LogP contribution in [-0.2, 0) is 12.3 Å². The molecule has 2 N–H and O–H groups in total. The smallest absolute Gasteiger partial charge is 0.0178 e. The first-order valence-corrected chi connectivity index (χ1v) is 3.89. The molecular weight excluding hydrogens is 142 g/mol. The molecule has 0 spiro atoms. The highest BCUT2D eigenvalue weighted by Gasteiger charge is 1.88. The van der Waals surface area contributed by atoms with Crippen LogP contribution in [0.25, 0.3) is 0 Å². The Labute approximate surface area is 66.7 Å². The van der Waals surface area contributed by atoms with E-state index in [-0.39, 0.29) is 0 Å². The Bertz CT molecular complexity index is 170. The van der Waals surface area contributed by atoms with Crippen LogP contribution in [0.5, 0.6) is 0 Å². The molecule has 0 aliphatic heterocycles. The summed E-state index contributed by atoms with van der Waals surface area (Å²) >= 11 is 4.14. The summed E-state index contributed by atoms with van der Waals surface area (Å²) in [6.07, 6.45) is 0. The van der Waals surface area contributed by atoms with Crippen LogP contribution in [0.2, 0.25) is 0 Å². The van der Waals surface area contributed by atoms with Crippen molar-refractivity contribution in [3.63, 3.8) is 0 Å². The molecule has 1 aromatic carbocycles. The summed E-state index contributed by atoms with van der Waals surface area (Å²) in [6.45, 7) is 0.618. The van der Waals surface area contributed by atoms with Gasteiger partial charge in [0.2, 0.25) is 0 Å². The highest BCUT2D eigenvalue weighted by Crippen LogP contribution is 2.05. The molecule has 10 heavy (non-hydrogen) atoms. The van der Waals surface area contributed by atoms with Crippen LogP contribution in [0.1, 0.15) is 11.1 Å². The second kappa shape index (κ2) is 3.64. The van der Waals surface area contributed by atoms with E-state index < -0.39 is 0 Å². The predicted octanol–water partition coefficient (Wildman–Crippen LogP) is 1.58. The number of rotatable bonds is 2. The minimum atomic E-state index is 0.618. The van der Waals surface area contributed by atoms with Gasteiger partial charge in [-0.25, -0.2) is 0 Å². The third kappa shape index (κ3) is 1.75. The Balaban J connectivity index is 2.80. The van der Waals surface area contributed by atoms with Gasteiger partial charge in [-0.1, -0.05) is 24.3 Å². The Hall–Kier alpha value is -0.470. The van der Waals surface area contributed by atoms with Gasteiger partial charge in [0.15, 0.2) is 0 Å². The predicted molar refractivity (Wildman–Crippen MR) is 47.0 cm³/mol. The Kier molecular flexibility index (Phi) is 2.78. The minimum Gasteiger partial charge on any atom is -0.326 e. The monoisotopic (exact) mass is 153 g/mol. The van der Waals surface area contributed by atoms with E-state index in [2.05, 4.69) is 24.8 Å². The van der Waals surface area contributed by atoms with Gasteiger partial charge < -0.3 is 5.73 Å². The van der Waals surface area contributed by atoms with Crippen molar-refractivity contribution in [1.82, 2.24) is 0 Å². The van der Waals surface area contributed by atoms with Crippen LogP contribution < -0.4 is 5.73 Å². The molecule has 2 heteroatoms. The lowest BCUT2D eigenvalue weighted by molar-refractivity contribution is 1.07. The Morgan fingerprint density at radius 2 is 1.60 bits per heavy atom. The van der Waals surface area contributed by atoms with Gasteiger partial charge >= 0.3 is 0 Å². The second-order valence-corrected chi connectivity index (χ2v) is 2.49. The van der Waals surface area contributed by atoms with E-state index in [1.807, 2.05) is 12.1 Å². The summed E-state index contributed by atoms with van der Waals surface area (Å²) in [5.74, 6) is 0.796. The lowest BCUT2D eigenvalue weighted by atomic mass is 10.1. The van der Waals surface area contributed by atoms with E-state index in [1.54, 1.807) is 0 Å². The van der Waals surface area contributed by atoms with Crippen LogP contribution in [0.15, 0.2) is 24.3 Å². The van der Waals surface area contributed by atoms with Gasteiger partial charge in [-0.3, -0.25) is 0 Å². The summed E-state index contributed by atoms with van der Waals surface area (Å²) in [4.78, 5) is 0. The van der Waals surface area contributed by atoms with Crippen molar-refractivity contribution in [1.29, 1.82) is 0 Å². The molecule has 1 aromatic rings. The first-order chi connectivity index (χ1) is 4.86. The first kappa shape index (κ1) is 7.63. The largest absolute Gasteiger partial charge is 0.326 e. The molecule has 0 radical (unpaired) electrons. The molecule has 0 aliphatic carbocycles. The average Bonchev–Trinajstić information content (AvgIpc) is 2.05. The molecular formula is C8H11NS. The number of nitrogens with two attached hydrogens (primary N) is 1. The van der Waals surface area contributed by atoms with Crippen LogP contribution in [0, 0.1) is 0 Å². The lowest BCUT2D eigenvalue weighted by Gasteiger charge is -1.97. The number of hydrogen-bond acceptors (Lipinski definition) is 2. The molecule has 0 aliphatic rings. The van der Waals surface area contributed by atoms with Crippen molar-refractivity contribution in [2.24, 2.45) is 5.73 Å². The van der Waals surface area contributed by atoms with Crippen molar-refractivity contribution in [3.8, 4) is 0 Å². The quantitative estimate of drug-likeness (QED) is 0.620. The fraction of sp³-hybridized carbons (Fsp3) is 0.250. The van der Waals surface area contributed by atoms with E-state index in [0.717, 1.165) is 5.75 Å². The standard InChI is InChI=1S/C8H11NS/c9-5-7-1-3-8(6-10)4-2-7/h1-4,10H,5-6,9H2. The highest BCUT2D eigenvalue weighted by molar-refractivity contribution is 7.79. The van der Waals surface area contributed by atoms with E-state index >= 15 is 0 Å². The van der Waals surface area contributed by atoms with E-state index in [9.17, 15) is 0 Å². The zero-order valence-electron chi connectivity index (χ0n) is 5.75. The fourth-order valence-corrected chi connectivity index (χ4v) is 0.992.